The summed E-state index contributed by atoms with van der Waals surface area (Å²) in [6, 6.07) is 0. The van der Waals surface area contributed by atoms with Crippen molar-refractivity contribution in [3.63, 3.8) is 0 Å². The first kappa shape index (κ1) is 10.0. The molecule has 1 aliphatic heterocycles. The Morgan fingerprint density at radius 3 is 2.38 bits per heavy atom. The zero-order valence-corrected chi connectivity index (χ0v) is 7.91. The second-order valence-electron chi connectivity index (χ2n) is 3.30. The van der Waals surface area contributed by atoms with Gasteiger partial charge in [-0.1, -0.05) is 0 Å². The van der Waals surface area contributed by atoms with Gasteiger partial charge in [-0.2, -0.15) is 0 Å². The number of nitrogens with zero attached hydrogens (tertiary/aromatic N) is 1. The third-order valence-electron chi connectivity index (χ3n) is 2.01. The van der Waals surface area contributed by atoms with E-state index in [-0.39, 0.29) is 18.5 Å². The van der Waals surface area contributed by atoms with Crippen molar-refractivity contribution in [1.29, 1.82) is 0 Å². The van der Waals surface area contributed by atoms with Crippen LogP contribution in [0.1, 0.15) is 26.2 Å². The molecule has 1 fully saturated rings. The number of likely N-dealkylation sites (tertiary alicyclic amines) is 1. The van der Waals surface area contributed by atoms with Crippen LogP contribution in [-0.4, -0.2) is 36.5 Å². The summed E-state index contributed by atoms with van der Waals surface area (Å²) < 4.78 is 4.78. The summed E-state index contributed by atoms with van der Waals surface area (Å²) >= 11 is 0. The highest BCUT2D eigenvalue weighted by atomic mass is 16.6. The Balaban J connectivity index is 2.25. The molecule has 1 rings (SSSR count). The van der Waals surface area contributed by atoms with Gasteiger partial charge in [0.15, 0.2) is 12.4 Å². The first-order valence-corrected chi connectivity index (χ1v) is 4.61. The lowest BCUT2D eigenvalue weighted by Crippen LogP contribution is -2.36. The van der Waals surface area contributed by atoms with E-state index in [2.05, 4.69) is 0 Å². The fourth-order valence-corrected chi connectivity index (χ4v) is 1.33. The van der Waals surface area contributed by atoms with Gasteiger partial charge in [0.05, 0.1) is 0 Å². The quantitative estimate of drug-likeness (QED) is 0.649. The van der Waals surface area contributed by atoms with Crippen LogP contribution in [0.5, 0.6) is 0 Å². The highest BCUT2D eigenvalue weighted by molar-refractivity contribution is 5.79. The molecule has 0 bridgehead atoms. The van der Waals surface area contributed by atoms with Gasteiger partial charge in [0.2, 0.25) is 0 Å². The predicted molar refractivity (Wildman–Crippen MR) is 47.5 cm³/mol. The molecule has 0 aliphatic carbocycles. The van der Waals surface area contributed by atoms with E-state index in [1.807, 2.05) is 0 Å². The van der Waals surface area contributed by atoms with Gasteiger partial charge in [-0.3, -0.25) is 4.79 Å². The number of ether oxygens (including phenoxy) is 1. The van der Waals surface area contributed by atoms with Gasteiger partial charge in [0.25, 0.3) is 0 Å². The lowest BCUT2D eigenvalue weighted by atomic mass is 10.1. The van der Waals surface area contributed by atoms with Crippen LogP contribution in [0.2, 0.25) is 0 Å². The molecule has 0 aromatic rings. The Bertz CT molecular complexity index is 197. The molecule has 13 heavy (non-hydrogen) atoms. The fourth-order valence-electron chi connectivity index (χ4n) is 1.33. The van der Waals surface area contributed by atoms with Crippen molar-refractivity contribution in [3.8, 4) is 0 Å². The van der Waals surface area contributed by atoms with Crippen molar-refractivity contribution >= 4 is 11.9 Å². The Morgan fingerprint density at radius 1 is 1.23 bits per heavy atom. The molecule has 1 heterocycles. The molecule has 4 heteroatoms. The summed E-state index contributed by atoms with van der Waals surface area (Å²) in [5.74, 6) is -0.120. The molecule has 74 valence electrons. The molecular weight excluding hydrogens is 170 g/mol. The monoisotopic (exact) mass is 185 g/mol. The van der Waals surface area contributed by atoms with Gasteiger partial charge in [0, 0.05) is 13.1 Å². The molecule has 0 aromatic carbocycles. The first-order valence-electron chi connectivity index (χ1n) is 4.61. The van der Waals surface area contributed by atoms with E-state index in [4.69, 9.17) is 4.74 Å². The lowest BCUT2D eigenvalue weighted by molar-refractivity contribution is -0.120. The van der Waals surface area contributed by atoms with E-state index in [9.17, 15) is 9.59 Å². The third-order valence-corrected chi connectivity index (χ3v) is 2.01. The van der Waals surface area contributed by atoms with E-state index in [1.165, 1.54) is 13.3 Å². The Kier molecular flexibility index (Phi) is 3.73. The number of hydrogen-bond acceptors (Lipinski definition) is 3. The summed E-state index contributed by atoms with van der Waals surface area (Å²) in [7, 11) is 0. The minimum atomic E-state index is -0.352. The third kappa shape index (κ3) is 3.44. The van der Waals surface area contributed by atoms with Crippen molar-refractivity contribution in [3.05, 3.63) is 0 Å². The number of rotatable bonds is 2. The fraction of sp³-hybridized carbons (Fsp3) is 0.778. The van der Waals surface area contributed by atoms with Crippen LogP contribution in [0, 0.1) is 0 Å². The zero-order valence-electron chi connectivity index (χ0n) is 7.91. The average Bonchev–Trinajstić information content (AvgIpc) is 2.15. The maximum Gasteiger partial charge on any atom is 0.410 e. The van der Waals surface area contributed by atoms with Gasteiger partial charge < -0.3 is 9.64 Å². The van der Waals surface area contributed by atoms with Crippen LogP contribution in [0.15, 0.2) is 0 Å². The number of hydrogen-bond donors (Lipinski definition) is 0. The van der Waals surface area contributed by atoms with Crippen molar-refractivity contribution < 1.29 is 14.3 Å². The van der Waals surface area contributed by atoms with Crippen LogP contribution in [0.4, 0.5) is 4.79 Å². The first-order chi connectivity index (χ1) is 6.20. The molecule has 0 saturated carbocycles. The van der Waals surface area contributed by atoms with Gasteiger partial charge in [-0.25, -0.2) is 4.79 Å². The number of carbonyl (C=O) groups excluding carboxylic acids is 2. The van der Waals surface area contributed by atoms with E-state index >= 15 is 0 Å². The number of amides is 1. The number of carbonyl (C=O) groups is 2. The van der Waals surface area contributed by atoms with Crippen molar-refractivity contribution in [1.82, 2.24) is 4.90 Å². The SMILES string of the molecule is CC(=O)COC(=O)N1CCCCC1. The summed E-state index contributed by atoms with van der Waals surface area (Å²) in [6.45, 7) is 2.83. The standard InChI is InChI=1S/C9H15NO3/c1-8(11)7-13-9(12)10-5-3-2-4-6-10/h2-7H2,1H3. The molecule has 1 amide bonds. The number of ketones is 1. The topological polar surface area (TPSA) is 46.6 Å². The van der Waals surface area contributed by atoms with E-state index in [1.54, 1.807) is 4.90 Å². The van der Waals surface area contributed by atoms with Gasteiger partial charge in [0.1, 0.15) is 0 Å². The molecule has 1 aliphatic rings. The maximum absolute atomic E-state index is 11.3. The molecule has 0 atom stereocenters. The van der Waals surface area contributed by atoms with Gasteiger partial charge >= 0.3 is 6.09 Å². The van der Waals surface area contributed by atoms with E-state index in [0.29, 0.717) is 0 Å². The maximum atomic E-state index is 11.3. The minimum Gasteiger partial charge on any atom is -0.441 e. The average molecular weight is 185 g/mol. The summed E-state index contributed by atoms with van der Waals surface area (Å²) in [4.78, 5) is 23.4. The van der Waals surface area contributed by atoms with Crippen LogP contribution >= 0.6 is 0 Å². The minimum absolute atomic E-state index is 0.102. The Labute approximate surface area is 77.8 Å². The molecule has 0 unspecified atom stereocenters. The van der Waals surface area contributed by atoms with E-state index < -0.39 is 0 Å². The molecule has 1 saturated heterocycles. The second kappa shape index (κ2) is 4.84. The van der Waals surface area contributed by atoms with E-state index in [0.717, 1.165) is 25.9 Å². The molecule has 0 N–H and O–H groups in total. The number of piperidine rings is 1. The predicted octanol–water partition coefficient (Wildman–Crippen LogP) is 1.20. The second-order valence-corrected chi connectivity index (χ2v) is 3.30. The Morgan fingerprint density at radius 2 is 1.85 bits per heavy atom. The number of Topliss-reactive ketones (excluding diaryl/α,β-unsaturated/α-hetero) is 1. The van der Waals surface area contributed by atoms with Crippen molar-refractivity contribution in [2.45, 2.75) is 26.2 Å². The molecule has 0 aromatic heterocycles. The van der Waals surface area contributed by atoms with Crippen LogP contribution in [-0.2, 0) is 9.53 Å². The van der Waals surface area contributed by atoms with Crippen LogP contribution in [0.25, 0.3) is 0 Å². The highest BCUT2D eigenvalue weighted by Crippen LogP contribution is 2.09. The summed E-state index contributed by atoms with van der Waals surface area (Å²) in [6.07, 6.45) is 2.90. The molecule has 4 nitrogen and oxygen atoms in total. The van der Waals surface area contributed by atoms with Crippen LogP contribution < -0.4 is 0 Å². The van der Waals surface area contributed by atoms with Crippen molar-refractivity contribution in [2.75, 3.05) is 19.7 Å². The largest absolute Gasteiger partial charge is 0.441 e. The van der Waals surface area contributed by atoms with Crippen molar-refractivity contribution in [2.24, 2.45) is 0 Å². The van der Waals surface area contributed by atoms with Crippen LogP contribution in [0.3, 0.4) is 0 Å². The summed E-state index contributed by atoms with van der Waals surface area (Å²) in [5, 5.41) is 0. The van der Waals surface area contributed by atoms with Gasteiger partial charge in [-0.15, -0.1) is 0 Å². The Hall–Kier alpha value is -1.06. The highest BCUT2D eigenvalue weighted by Gasteiger charge is 2.17. The van der Waals surface area contributed by atoms with Gasteiger partial charge in [-0.05, 0) is 26.2 Å². The lowest BCUT2D eigenvalue weighted by Gasteiger charge is -2.25. The zero-order chi connectivity index (χ0) is 9.68. The molecular formula is C9H15NO3. The molecule has 0 spiro atoms. The normalized spacial score (nSPS) is 16.8. The smallest absolute Gasteiger partial charge is 0.410 e. The molecule has 0 radical (unpaired) electrons. The summed E-state index contributed by atoms with van der Waals surface area (Å²) in [5.41, 5.74) is 0.